The molecule has 0 saturated heterocycles. The second kappa shape index (κ2) is 3.63. The lowest BCUT2D eigenvalue weighted by molar-refractivity contribution is 1.00. The van der Waals surface area contributed by atoms with Gasteiger partial charge in [-0.25, -0.2) is 0 Å². The number of rotatable bonds is 0. The molecule has 20 heavy (non-hydrogen) atoms. The Kier molecular flexibility index (Phi) is 2.23. The summed E-state index contributed by atoms with van der Waals surface area (Å²) in [7, 11) is 0. The number of allylic oxidation sites excluding steroid dienone is 1. The van der Waals surface area contributed by atoms with Crippen LogP contribution in [0.25, 0.3) is 16.8 Å². The average Bonchev–Trinajstić information content (AvgIpc) is 2.80. The molecule has 0 aromatic heterocycles. The molecule has 0 aliphatic heterocycles. The predicted molar refractivity (Wildman–Crippen MR) is 87.9 cm³/mol. The first-order valence-corrected chi connectivity index (χ1v) is 6.30. The van der Waals surface area contributed by atoms with Gasteiger partial charge in [-0.2, -0.15) is 0 Å². The Bertz CT molecular complexity index is 791. The highest BCUT2D eigenvalue weighted by Gasteiger charge is 2.26. The molecule has 0 spiro atoms. The van der Waals surface area contributed by atoms with Crippen LogP contribution in [-0.4, -0.2) is 0 Å². The second-order valence-corrected chi connectivity index (χ2v) is 5.21. The Morgan fingerprint density at radius 1 is 0.700 bits per heavy atom. The first-order chi connectivity index (χ1) is 9.36. The lowest BCUT2D eigenvalue weighted by Crippen LogP contribution is -2.10. The molecule has 0 fully saturated rings. The Morgan fingerprint density at radius 2 is 1.20 bits per heavy atom. The van der Waals surface area contributed by atoms with Crippen molar-refractivity contribution >= 4 is 51.0 Å². The minimum Gasteiger partial charge on any atom is -0.397 e. The summed E-state index contributed by atoms with van der Waals surface area (Å²) in [6.07, 6.45) is 4.00. The quantitative estimate of drug-likeness (QED) is 0.314. The summed E-state index contributed by atoms with van der Waals surface area (Å²) in [5.41, 5.74) is 40.4. The summed E-state index contributed by atoms with van der Waals surface area (Å²) in [5.74, 6) is 0.167. The summed E-state index contributed by atoms with van der Waals surface area (Å²) >= 11 is 0. The number of benzene rings is 2. The zero-order valence-electron chi connectivity index (χ0n) is 11.2. The van der Waals surface area contributed by atoms with Gasteiger partial charge in [-0.15, -0.1) is 0 Å². The van der Waals surface area contributed by atoms with E-state index >= 15 is 0 Å². The molecular weight excluding hydrogens is 252 g/mol. The fourth-order valence-corrected chi connectivity index (χ4v) is 2.94. The van der Waals surface area contributed by atoms with Gasteiger partial charge in [0.2, 0.25) is 0 Å². The van der Waals surface area contributed by atoms with E-state index in [-0.39, 0.29) is 11.6 Å². The highest BCUT2D eigenvalue weighted by Crippen LogP contribution is 2.50. The molecule has 0 bridgehead atoms. The molecule has 0 heterocycles. The van der Waals surface area contributed by atoms with Gasteiger partial charge in [0.15, 0.2) is 0 Å². The van der Waals surface area contributed by atoms with E-state index < -0.39 is 0 Å². The zero-order valence-corrected chi connectivity index (χ0v) is 11.2. The van der Waals surface area contributed by atoms with E-state index in [0.717, 1.165) is 16.5 Å². The first-order valence-electron chi connectivity index (χ1n) is 6.30. The molecule has 1 unspecified atom stereocenters. The Balaban J connectivity index is 2.66. The minimum absolute atomic E-state index is 0.167. The summed E-state index contributed by atoms with van der Waals surface area (Å²) in [6.45, 7) is 2.06. The van der Waals surface area contributed by atoms with Crippen LogP contribution in [0.15, 0.2) is 6.08 Å². The van der Waals surface area contributed by atoms with Crippen molar-refractivity contribution in [1.82, 2.24) is 0 Å². The van der Waals surface area contributed by atoms with Crippen molar-refractivity contribution in [2.45, 2.75) is 12.8 Å². The lowest BCUT2D eigenvalue weighted by atomic mass is 9.89. The van der Waals surface area contributed by atoms with Crippen molar-refractivity contribution in [3.05, 3.63) is 17.2 Å². The highest BCUT2D eigenvalue weighted by atomic mass is 14.8. The van der Waals surface area contributed by atoms with Crippen LogP contribution < -0.4 is 34.4 Å². The fourth-order valence-electron chi connectivity index (χ4n) is 2.94. The van der Waals surface area contributed by atoms with Crippen molar-refractivity contribution in [2.24, 2.45) is 0 Å². The highest BCUT2D eigenvalue weighted by molar-refractivity contribution is 6.21. The van der Waals surface area contributed by atoms with Gasteiger partial charge >= 0.3 is 0 Å². The number of hydrogen-bond acceptors (Lipinski definition) is 6. The van der Waals surface area contributed by atoms with E-state index in [1.165, 1.54) is 0 Å². The lowest BCUT2D eigenvalue weighted by Gasteiger charge is -2.21. The van der Waals surface area contributed by atoms with Gasteiger partial charge in [-0.1, -0.05) is 19.1 Å². The van der Waals surface area contributed by atoms with Gasteiger partial charge in [0, 0.05) is 22.3 Å². The molecule has 12 N–H and O–H groups in total. The van der Waals surface area contributed by atoms with Crippen LogP contribution in [0.4, 0.5) is 34.1 Å². The Hall–Kier alpha value is -2.76. The van der Waals surface area contributed by atoms with Crippen molar-refractivity contribution in [1.29, 1.82) is 0 Å². The van der Waals surface area contributed by atoms with E-state index in [0.29, 0.717) is 33.8 Å². The SMILES string of the molecule is CC1C=Cc2c(N)c(N)c3c(N)c(N)c(N)c(N)c3c21. The van der Waals surface area contributed by atoms with E-state index in [2.05, 4.69) is 6.92 Å². The standard InChI is InChI=1S/C14H18N6/c1-4-2-3-5-6(4)7-8(11(17)9(5)15)12(18)14(20)13(19)10(7)16/h2-4H,15-20H2,1H3. The molecule has 2 aromatic rings. The molecule has 1 aliphatic carbocycles. The summed E-state index contributed by atoms with van der Waals surface area (Å²) < 4.78 is 0. The van der Waals surface area contributed by atoms with Crippen LogP contribution in [0.3, 0.4) is 0 Å². The van der Waals surface area contributed by atoms with Crippen molar-refractivity contribution in [2.75, 3.05) is 34.4 Å². The largest absolute Gasteiger partial charge is 0.397 e. The zero-order chi connectivity index (χ0) is 14.8. The molecule has 2 aromatic carbocycles. The van der Waals surface area contributed by atoms with Crippen LogP contribution >= 0.6 is 0 Å². The molecule has 3 rings (SSSR count). The van der Waals surface area contributed by atoms with E-state index in [1.807, 2.05) is 12.2 Å². The third kappa shape index (κ3) is 1.22. The average molecular weight is 270 g/mol. The molecule has 104 valence electrons. The maximum atomic E-state index is 6.16. The Labute approximate surface area is 116 Å². The predicted octanol–water partition coefficient (Wildman–Crippen LogP) is 1.46. The number of nitrogens with two attached hydrogens (primary N) is 6. The molecule has 1 aliphatic rings. The van der Waals surface area contributed by atoms with Crippen molar-refractivity contribution < 1.29 is 0 Å². The topological polar surface area (TPSA) is 156 Å². The van der Waals surface area contributed by atoms with Gasteiger partial charge in [0.25, 0.3) is 0 Å². The molecule has 0 radical (unpaired) electrons. The summed E-state index contributed by atoms with van der Waals surface area (Å²) in [6, 6.07) is 0. The normalized spacial score (nSPS) is 16.8. The summed E-state index contributed by atoms with van der Waals surface area (Å²) in [5, 5.41) is 1.36. The van der Waals surface area contributed by atoms with Gasteiger partial charge in [-0.3, -0.25) is 0 Å². The number of hydrogen-bond donors (Lipinski definition) is 6. The van der Waals surface area contributed by atoms with Crippen LogP contribution in [0.5, 0.6) is 0 Å². The van der Waals surface area contributed by atoms with E-state index in [1.54, 1.807) is 0 Å². The molecule has 0 amide bonds. The van der Waals surface area contributed by atoms with Crippen molar-refractivity contribution in [3.63, 3.8) is 0 Å². The second-order valence-electron chi connectivity index (χ2n) is 5.21. The first kappa shape index (κ1) is 12.3. The number of nitrogen functional groups attached to an aromatic ring is 6. The van der Waals surface area contributed by atoms with Gasteiger partial charge in [0.05, 0.1) is 34.1 Å². The van der Waals surface area contributed by atoms with Gasteiger partial charge in [-0.05, 0) is 5.56 Å². The Morgan fingerprint density at radius 3 is 1.80 bits per heavy atom. The fraction of sp³-hybridized carbons (Fsp3) is 0.143. The maximum absolute atomic E-state index is 6.16. The molecule has 1 atom stereocenters. The van der Waals surface area contributed by atoms with E-state index in [4.69, 9.17) is 34.4 Å². The summed E-state index contributed by atoms with van der Waals surface area (Å²) in [4.78, 5) is 0. The smallest absolute Gasteiger partial charge is 0.0810 e. The van der Waals surface area contributed by atoms with Crippen LogP contribution in [0.2, 0.25) is 0 Å². The monoisotopic (exact) mass is 270 g/mol. The number of fused-ring (bicyclic) bond motifs is 3. The van der Waals surface area contributed by atoms with Crippen LogP contribution in [0, 0.1) is 0 Å². The van der Waals surface area contributed by atoms with Gasteiger partial charge < -0.3 is 34.4 Å². The molecular formula is C14H18N6. The van der Waals surface area contributed by atoms with Crippen molar-refractivity contribution in [3.8, 4) is 0 Å². The van der Waals surface area contributed by atoms with E-state index in [9.17, 15) is 0 Å². The van der Waals surface area contributed by atoms with Crippen LogP contribution in [0.1, 0.15) is 24.0 Å². The molecule has 0 saturated carbocycles. The van der Waals surface area contributed by atoms with Crippen LogP contribution in [-0.2, 0) is 0 Å². The maximum Gasteiger partial charge on any atom is 0.0810 e. The third-order valence-electron chi connectivity index (χ3n) is 4.08. The molecule has 6 heteroatoms. The third-order valence-corrected chi connectivity index (χ3v) is 4.08. The minimum atomic E-state index is 0.167. The molecule has 6 nitrogen and oxygen atoms in total. The number of anilines is 6. The van der Waals surface area contributed by atoms with Gasteiger partial charge in [0.1, 0.15) is 0 Å².